The third-order valence-corrected chi connectivity index (χ3v) is 3.42. The van der Waals surface area contributed by atoms with E-state index in [4.69, 9.17) is 0 Å². The van der Waals surface area contributed by atoms with Crippen LogP contribution < -0.4 is 4.90 Å². The van der Waals surface area contributed by atoms with Crippen LogP contribution in [0.2, 0.25) is 0 Å². The summed E-state index contributed by atoms with van der Waals surface area (Å²) in [5.41, 5.74) is 0. The molecule has 3 rings (SSSR count). The number of halogens is 1. The highest BCUT2D eigenvalue weighted by molar-refractivity contribution is 5.29. The Morgan fingerprint density at radius 1 is 1.21 bits per heavy atom. The van der Waals surface area contributed by atoms with Crippen LogP contribution in [0.15, 0.2) is 24.8 Å². The van der Waals surface area contributed by atoms with E-state index in [1.807, 2.05) is 10.9 Å². The van der Waals surface area contributed by atoms with Crippen molar-refractivity contribution in [3.05, 3.63) is 30.6 Å². The van der Waals surface area contributed by atoms with Gasteiger partial charge < -0.3 is 4.90 Å². The van der Waals surface area contributed by atoms with Crippen LogP contribution in [0.4, 0.5) is 10.3 Å². The molecule has 2 aromatic heterocycles. The molecule has 1 aliphatic rings. The second kappa shape index (κ2) is 5.29. The van der Waals surface area contributed by atoms with E-state index in [0.717, 1.165) is 32.5 Å². The highest BCUT2D eigenvalue weighted by Gasteiger charge is 2.21. The molecular weight excluding hydrogens is 247 g/mol. The zero-order valence-corrected chi connectivity index (χ0v) is 10.5. The first-order valence-electron chi connectivity index (χ1n) is 6.38. The molecule has 0 N–H and O–H groups in total. The molecule has 1 saturated heterocycles. The van der Waals surface area contributed by atoms with Crippen molar-refractivity contribution in [3.8, 4) is 0 Å². The Kier molecular flexibility index (Phi) is 3.35. The maximum atomic E-state index is 12.8. The standard InChI is InChI=1S/C12H15FN6/c13-11-7-14-12(15-8-11)18-4-1-10(2-5-18)9-19-6-3-16-17-19/h3,6-8,10H,1-2,4-5,9H2. The molecule has 6 nitrogen and oxygen atoms in total. The van der Waals surface area contributed by atoms with Gasteiger partial charge in [0.25, 0.3) is 0 Å². The summed E-state index contributed by atoms with van der Waals surface area (Å²) in [6, 6.07) is 0. The second-order valence-electron chi connectivity index (χ2n) is 4.76. The minimum Gasteiger partial charge on any atom is -0.341 e. The number of anilines is 1. The van der Waals surface area contributed by atoms with Gasteiger partial charge in [-0.15, -0.1) is 5.10 Å². The summed E-state index contributed by atoms with van der Waals surface area (Å²) in [7, 11) is 0. The zero-order valence-electron chi connectivity index (χ0n) is 10.5. The Hall–Kier alpha value is -2.05. The Morgan fingerprint density at radius 3 is 2.58 bits per heavy atom. The molecule has 100 valence electrons. The summed E-state index contributed by atoms with van der Waals surface area (Å²) in [6.45, 7) is 2.69. The lowest BCUT2D eigenvalue weighted by Gasteiger charge is -2.31. The van der Waals surface area contributed by atoms with E-state index in [2.05, 4.69) is 25.2 Å². The lowest BCUT2D eigenvalue weighted by atomic mass is 9.97. The predicted octanol–water partition coefficient (Wildman–Crippen LogP) is 1.12. The van der Waals surface area contributed by atoms with Crippen LogP contribution in [-0.4, -0.2) is 38.1 Å². The number of hydrogen-bond acceptors (Lipinski definition) is 5. The lowest BCUT2D eigenvalue weighted by Crippen LogP contribution is -2.36. The summed E-state index contributed by atoms with van der Waals surface area (Å²) in [4.78, 5) is 10.1. The normalized spacial score (nSPS) is 16.8. The van der Waals surface area contributed by atoms with Gasteiger partial charge in [0.1, 0.15) is 0 Å². The van der Waals surface area contributed by atoms with E-state index in [0.29, 0.717) is 11.9 Å². The van der Waals surface area contributed by atoms with Gasteiger partial charge in [-0.2, -0.15) is 0 Å². The highest BCUT2D eigenvalue weighted by Crippen LogP contribution is 2.21. The van der Waals surface area contributed by atoms with Crippen molar-refractivity contribution >= 4 is 5.95 Å². The molecule has 1 fully saturated rings. The molecule has 0 aliphatic carbocycles. The minimum absolute atomic E-state index is 0.398. The van der Waals surface area contributed by atoms with E-state index in [9.17, 15) is 4.39 Å². The van der Waals surface area contributed by atoms with Crippen LogP contribution in [0.25, 0.3) is 0 Å². The molecule has 0 radical (unpaired) electrons. The largest absolute Gasteiger partial charge is 0.341 e. The molecule has 0 saturated carbocycles. The summed E-state index contributed by atoms with van der Waals surface area (Å²) in [6.07, 6.45) is 8.12. The van der Waals surface area contributed by atoms with Gasteiger partial charge in [-0.1, -0.05) is 5.21 Å². The average Bonchev–Trinajstić information content (AvgIpc) is 2.94. The summed E-state index contributed by atoms with van der Waals surface area (Å²) < 4.78 is 14.6. The Balaban J connectivity index is 1.56. The fourth-order valence-electron chi connectivity index (χ4n) is 2.38. The first-order chi connectivity index (χ1) is 9.31. The first kappa shape index (κ1) is 12.0. The second-order valence-corrected chi connectivity index (χ2v) is 4.76. The Morgan fingerprint density at radius 2 is 1.95 bits per heavy atom. The van der Waals surface area contributed by atoms with E-state index in [1.165, 1.54) is 12.4 Å². The molecule has 2 aromatic rings. The molecule has 7 heteroatoms. The fraction of sp³-hybridized carbons (Fsp3) is 0.500. The van der Waals surface area contributed by atoms with Crippen molar-refractivity contribution in [2.75, 3.05) is 18.0 Å². The monoisotopic (exact) mass is 262 g/mol. The zero-order chi connectivity index (χ0) is 13.1. The quantitative estimate of drug-likeness (QED) is 0.829. The molecule has 0 spiro atoms. The number of aromatic nitrogens is 5. The van der Waals surface area contributed by atoms with Gasteiger partial charge in [0, 0.05) is 25.8 Å². The molecular formula is C12H15FN6. The van der Waals surface area contributed by atoms with Crippen LogP contribution in [0.3, 0.4) is 0 Å². The van der Waals surface area contributed by atoms with Crippen LogP contribution >= 0.6 is 0 Å². The van der Waals surface area contributed by atoms with Crippen LogP contribution in [-0.2, 0) is 6.54 Å². The van der Waals surface area contributed by atoms with Gasteiger partial charge in [0.15, 0.2) is 5.82 Å². The third-order valence-electron chi connectivity index (χ3n) is 3.42. The average molecular weight is 262 g/mol. The van der Waals surface area contributed by atoms with Crippen molar-refractivity contribution in [1.82, 2.24) is 25.0 Å². The molecule has 0 bridgehead atoms. The maximum absolute atomic E-state index is 12.8. The molecule has 0 unspecified atom stereocenters. The van der Waals surface area contributed by atoms with E-state index in [-0.39, 0.29) is 0 Å². The van der Waals surface area contributed by atoms with Crippen molar-refractivity contribution < 1.29 is 4.39 Å². The first-order valence-corrected chi connectivity index (χ1v) is 6.38. The lowest BCUT2D eigenvalue weighted by molar-refractivity contribution is 0.337. The van der Waals surface area contributed by atoms with Gasteiger partial charge in [0.05, 0.1) is 18.6 Å². The van der Waals surface area contributed by atoms with Gasteiger partial charge in [-0.3, -0.25) is 4.68 Å². The summed E-state index contributed by atoms with van der Waals surface area (Å²) in [5.74, 6) is 0.809. The van der Waals surface area contributed by atoms with Gasteiger partial charge in [0.2, 0.25) is 5.95 Å². The van der Waals surface area contributed by atoms with Gasteiger partial charge in [-0.25, -0.2) is 14.4 Å². The molecule has 0 atom stereocenters. The SMILES string of the molecule is Fc1cnc(N2CCC(Cn3ccnn3)CC2)nc1. The number of piperidine rings is 1. The number of nitrogens with zero attached hydrogens (tertiary/aromatic N) is 6. The van der Waals surface area contributed by atoms with E-state index in [1.54, 1.807) is 6.20 Å². The summed E-state index contributed by atoms with van der Waals surface area (Å²) >= 11 is 0. The van der Waals surface area contributed by atoms with Crippen LogP contribution in [0, 0.1) is 11.7 Å². The van der Waals surface area contributed by atoms with Crippen molar-refractivity contribution in [3.63, 3.8) is 0 Å². The Bertz CT molecular complexity index is 504. The number of hydrogen-bond donors (Lipinski definition) is 0. The fourth-order valence-corrected chi connectivity index (χ4v) is 2.38. The van der Waals surface area contributed by atoms with Gasteiger partial charge in [-0.05, 0) is 18.8 Å². The Labute approximate surface area is 110 Å². The third kappa shape index (κ3) is 2.86. The van der Waals surface area contributed by atoms with E-state index < -0.39 is 5.82 Å². The molecule has 19 heavy (non-hydrogen) atoms. The van der Waals surface area contributed by atoms with Crippen LogP contribution in [0.1, 0.15) is 12.8 Å². The minimum atomic E-state index is -0.398. The van der Waals surface area contributed by atoms with E-state index >= 15 is 0 Å². The molecule has 0 amide bonds. The topological polar surface area (TPSA) is 59.7 Å². The number of rotatable bonds is 3. The molecule has 1 aliphatic heterocycles. The molecule has 3 heterocycles. The smallest absolute Gasteiger partial charge is 0.225 e. The van der Waals surface area contributed by atoms with Crippen molar-refractivity contribution in [1.29, 1.82) is 0 Å². The molecule has 0 aromatic carbocycles. The van der Waals surface area contributed by atoms with Crippen molar-refractivity contribution in [2.24, 2.45) is 5.92 Å². The maximum Gasteiger partial charge on any atom is 0.225 e. The van der Waals surface area contributed by atoms with Crippen molar-refractivity contribution in [2.45, 2.75) is 19.4 Å². The summed E-state index contributed by atoms with van der Waals surface area (Å²) in [5, 5.41) is 7.79. The van der Waals surface area contributed by atoms with Gasteiger partial charge >= 0.3 is 0 Å². The van der Waals surface area contributed by atoms with Crippen LogP contribution in [0.5, 0.6) is 0 Å². The predicted molar refractivity (Wildman–Crippen MR) is 66.9 cm³/mol. The highest BCUT2D eigenvalue weighted by atomic mass is 19.1.